The molecule has 26 heavy (non-hydrogen) atoms. The zero-order valence-corrected chi connectivity index (χ0v) is 19.1. The first-order chi connectivity index (χ1) is 11.9. The van der Waals surface area contributed by atoms with Gasteiger partial charge < -0.3 is 24.8 Å². The molecule has 1 atom stereocenters. The van der Waals surface area contributed by atoms with E-state index in [1.807, 2.05) is 24.3 Å². The van der Waals surface area contributed by atoms with Gasteiger partial charge in [0.1, 0.15) is 5.75 Å². The monoisotopic (exact) mass is 479 g/mol. The summed E-state index contributed by atoms with van der Waals surface area (Å²) >= 11 is 0. The zero-order chi connectivity index (χ0) is 18.7. The third-order valence-electron chi connectivity index (χ3n) is 3.92. The zero-order valence-electron chi connectivity index (χ0n) is 16.8. The van der Waals surface area contributed by atoms with Crippen molar-refractivity contribution in [3.8, 4) is 5.75 Å². The number of hydrogen-bond acceptors (Lipinski definition) is 4. The summed E-state index contributed by atoms with van der Waals surface area (Å²) in [6, 6.07) is 7.87. The molecule has 1 rings (SSSR count). The van der Waals surface area contributed by atoms with Crippen molar-refractivity contribution in [1.82, 2.24) is 10.6 Å². The van der Waals surface area contributed by atoms with E-state index in [2.05, 4.69) is 36.4 Å². The molecule has 2 N–H and O–H groups in total. The molecule has 0 bridgehead atoms. The average molecular weight is 479 g/mol. The van der Waals surface area contributed by atoms with Crippen LogP contribution in [-0.2, 0) is 16.1 Å². The largest absolute Gasteiger partial charge is 0.496 e. The summed E-state index contributed by atoms with van der Waals surface area (Å²) in [5.74, 6) is 1.59. The molecule has 0 radical (unpaired) electrons. The fraction of sp³-hybridized carbons (Fsp3) is 0.632. The van der Waals surface area contributed by atoms with E-state index in [9.17, 15) is 0 Å². The van der Waals surface area contributed by atoms with Gasteiger partial charge >= 0.3 is 0 Å². The number of ether oxygens (including phenoxy) is 3. The van der Waals surface area contributed by atoms with Crippen molar-refractivity contribution in [1.29, 1.82) is 0 Å². The lowest BCUT2D eigenvalue weighted by Crippen LogP contribution is -2.45. The summed E-state index contributed by atoms with van der Waals surface area (Å²) in [4.78, 5) is 4.22. The van der Waals surface area contributed by atoms with Crippen molar-refractivity contribution in [2.75, 3.05) is 41.0 Å². The Labute approximate surface area is 175 Å². The Balaban J connectivity index is 0.00000625. The molecular weight excluding hydrogens is 445 g/mol. The number of rotatable bonds is 9. The highest BCUT2D eigenvalue weighted by Crippen LogP contribution is 2.21. The third kappa shape index (κ3) is 9.05. The maximum atomic E-state index is 5.71. The van der Waals surface area contributed by atoms with Crippen molar-refractivity contribution in [2.45, 2.75) is 33.5 Å². The summed E-state index contributed by atoms with van der Waals surface area (Å²) in [7, 11) is 5.16. The molecule has 0 aliphatic heterocycles. The van der Waals surface area contributed by atoms with Gasteiger partial charge in [0.25, 0.3) is 0 Å². The van der Waals surface area contributed by atoms with Gasteiger partial charge in [-0.3, -0.25) is 4.99 Å². The number of guanidine groups is 1. The Morgan fingerprint density at radius 3 is 2.42 bits per heavy atom. The van der Waals surface area contributed by atoms with Gasteiger partial charge in [0.2, 0.25) is 0 Å². The van der Waals surface area contributed by atoms with Crippen LogP contribution in [0.5, 0.6) is 5.75 Å². The second kappa shape index (κ2) is 13.2. The highest BCUT2D eigenvalue weighted by Gasteiger charge is 2.24. The molecule has 7 heteroatoms. The quantitative estimate of drug-likeness (QED) is 0.247. The van der Waals surface area contributed by atoms with Gasteiger partial charge in [-0.25, -0.2) is 0 Å². The first-order valence-corrected chi connectivity index (χ1v) is 8.59. The minimum absolute atomic E-state index is 0. The van der Waals surface area contributed by atoms with E-state index in [1.54, 1.807) is 21.3 Å². The first-order valence-electron chi connectivity index (χ1n) is 8.59. The third-order valence-corrected chi connectivity index (χ3v) is 3.92. The van der Waals surface area contributed by atoms with Crippen LogP contribution in [0.1, 0.15) is 26.3 Å². The van der Waals surface area contributed by atoms with E-state index in [-0.39, 0.29) is 35.5 Å². The van der Waals surface area contributed by atoms with Crippen LogP contribution in [0.4, 0.5) is 0 Å². The van der Waals surface area contributed by atoms with Crippen LogP contribution in [-0.4, -0.2) is 53.0 Å². The second-order valence-electron chi connectivity index (χ2n) is 6.83. The molecule has 0 aliphatic rings. The van der Waals surface area contributed by atoms with Crippen LogP contribution in [0.3, 0.4) is 0 Å². The van der Waals surface area contributed by atoms with Crippen LogP contribution >= 0.6 is 24.0 Å². The Bertz CT molecular complexity index is 533. The molecule has 0 saturated carbocycles. The molecular formula is C19H34IN3O3. The number of nitrogens with zero attached hydrogens (tertiary/aromatic N) is 1. The first kappa shape index (κ1) is 24.9. The predicted octanol–water partition coefficient (Wildman–Crippen LogP) is 3.06. The number of benzene rings is 1. The summed E-state index contributed by atoms with van der Waals surface area (Å²) < 4.78 is 16.6. The van der Waals surface area contributed by atoms with Gasteiger partial charge in [-0.2, -0.15) is 0 Å². The molecule has 1 aromatic carbocycles. The Hall–Kier alpha value is -1.06. The lowest BCUT2D eigenvalue weighted by molar-refractivity contribution is 0.0205. The van der Waals surface area contributed by atoms with Crippen molar-refractivity contribution >= 4 is 29.9 Å². The van der Waals surface area contributed by atoms with E-state index in [4.69, 9.17) is 14.2 Å². The van der Waals surface area contributed by atoms with E-state index in [0.29, 0.717) is 26.3 Å². The van der Waals surface area contributed by atoms with Gasteiger partial charge in [0.05, 0.1) is 26.4 Å². The number of aliphatic imine (C=N–C) groups is 1. The summed E-state index contributed by atoms with van der Waals surface area (Å²) in [5, 5.41) is 6.53. The molecule has 0 fully saturated rings. The molecule has 0 aliphatic carbocycles. The van der Waals surface area contributed by atoms with Crippen molar-refractivity contribution < 1.29 is 14.2 Å². The number of nitrogens with one attached hydrogen (secondary N) is 2. The van der Waals surface area contributed by atoms with Crippen LogP contribution in [0, 0.1) is 5.41 Å². The number of para-hydroxylation sites is 1. The normalized spacial score (nSPS) is 12.9. The minimum Gasteiger partial charge on any atom is -0.496 e. The molecule has 1 aromatic rings. The molecule has 6 nitrogen and oxygen atoms in total. The van der Waals surface area contributed by atoms with Crippen LogP contribution in [0.15, 0.2) is 29.3 Å². The van der Waals surface area contributed by atoms with E-state index >= 15 is 0 Å². The molecule has 0 saturated heterocycles. The van der Waals surface area contributed by atoms with Crippen molar-refractivity contribution in [2.24, 2.45) is 10.4 Å². The van der Waals surface area contributed by atoms with E-state index in [1.165, 1.54) is 0 Å². The van der Waals surface area contributed by atoms with E-state index < -0.39 is 0 Å². The Kier molecular flexibility index (Phi) is 12.6. The maximum absolute atomic E-state index is 5.71. The minimum atomic E-state index is 0. The lowest BCUT2D eigenvalue weighted by Gasteiger charge is -2.30. The maximum Gasteiger partial charge on any atom is 0.191 e. The van der Waals surface area contributed by atoms with Crippen LogP contribution < -0.4 is 15.4 Å². The van der Waals surface area contributed by atoms with Gasteiger partial charge in [-0.05, 0) is 11.5 Å². The molecule has 0 heterocycles. The van der Waals surface area contributed by atoms with Crippen LogP contribution in [0.25, 0.3) is 0 Å². The van der Waals surface area contributed by atoms with Gasteiger partial charge in [0.15, 0.2) is 5.96 Å². The second-order valence-corrected chi connectivity index (χ2v) is 6.83. The Morgan fingerprint density at radius 1 is 1.15 bits per heavy atom. The van der Waals surface area contributed by atoms with Gasteiger partial charge in [0, 0.05) is 32.8 Å². The summed E-state index contributed by atoms with van der Waals surface area (Å²) in [5.41, 5.74) is 1.11. The fourth-order valence-corrected chi connectivity index (χ4v) is 2.40. The van der Waals surface area contributed by atoms with Gasteiger partial charge in [-0.15, -0.1) is 24.0 Å². The smallest absolute Gasteiger partial charge is 0.191 e. The Morgan fingerprint density at radius 2 is 1.85 bits per heavy atom. The van der Waals surface area contributed by atoms with Gasteiger partial charge in [-0.1, -0.05) is 39.0 Å². The number of methoxy groups -OCH3 is 2. The standard InChI is InChI=1S/C19H33N3O3.HI/c1-19(2,3)17(24-6)13-22-18(20-4)21-11-12-25-14-15-9-7-8-10-16(15)23-5;/h7-10,17H,11-14H2,1-6H3,(H2,20,21,22);1H. The molecule has 150 valence electrons. The number of hydrogen-bond donors (Lipinski definition) is 2. The van der Waals surface area contributed by atoms with Crippen molar-refractivity contribution in [3.63, 3.8) is 0 Å². The van der Waals surface area contributed by atoms with E-state index in [0.717, 1.165) is 17.3 Å². The molecule has 0 amide bonds. The highest BCUT2D eigenvalue weighted by molar-refractivity contribution is 14.0. The predicted molar refractivity (Wildman–Crippen MR) is 118 cm³/mol. The summed E-state index contributed by atoms with van der Waals surface area (Å²) in [6.07, 6.45) is 0.104. The molecule has 1 unspecified atom stereocenters. The fourth-order valence-electron chi connectivity index (χ4n) is 2.40. The lowest BCUT2D eigenvalue weighted by atomic mass is 9.89. The van der Waals surface area contributed by atoms with Crippen molar-refractivity contribution in [3.05, 3.63) is 29.8 Å². The highest BCUT2D eigenvalue weighted by atomic mass is 127. The summed E-state index contributed by atoms with van der Waals surface area (Å²) in [6.45, 7) is 8.93. The van der Waals surface area contributed by atoms with Crippen LogP contribution in [0.2, 0.25) is 0 Å². The topological polar surface area (TPSA) is 64.1 Å². The SMILES string of the molecule is CN=C(NCCOCc1ccccc1OC)NCC(OC)C(C)(C)C.I. The molecule has 0 aromatic heterocycles. The number of halogens is 1. The average Bonchev–Trinajstić information content (AvgIpc) is 2.59. The molecule has 0 spiro atoms.